The van der Waals surface area contributed by atoms with E-state index >= 15 is 0 Å². The molecule has 15 heteroatoms. The molecule has 0 aromatic heterocycles. The summed E-state index contributed by atoms with van der Waals surface area (Å²) in [6, 6.07) is 9.33. The molecule has 1 aromatic rings. The predicted molar refractivity (Wildman–Crippen MR) is 203 cm³/mol. The minimum absolute atomic E-state index is 0.0353. The van der Waals surface area contributed by atoms with Gasteiger partial charge in [0, 0.05) is 36.2 Å². The minimum Gasteiger partial charge on any atom is -0.466 e. The maximum Gasteiger partial charge on any atom is 0.330 e. The molecule has 57 heavy (non-hydrogen) atoms. The Balaban J connectivity index is 1.79. The van der Waals surface area contributed by atoms with Crippen molar-refractivity contribution in [1.82, 2.24) is 0 Å². The molecule has 0 radical (unpaired) electrons. The van der Waals surface area contributed by atoms with Crippen molar-refractivity contribution in [3.05, 3.63) is 59.7 Å². The molecule has 3 aliphatic heterocycles. The molecular formula is C42H60O15. The van der Waals surface area contributed by atoms with Crippen molar-refractivity contribution in [1.29, 1.82) is 0 Å². The number of hydrogen-bond acceptors (Lipinski definition) is 15. The number of methoxy groups -OCH3 is 1. The Morgan fingerprint density at radius 1 is 1.04 bits per heavy atom. The molecule has 318 valence electrons. The van der Waals surface area contributed by atoms with Crippen molar-refractivity contribution in [3.63, 3.8) is 0 Å². The van der Waals surface area contributed by atoms with E-state index in [4.69, 9.17) is 37.9 Å². The fourth-order valence-electron chi connectivity index (χ4n) is 6.89. The number of aliphatic hydroxyl groups excluding tert-OH is 2. The van der Waals surface area contributed by atoms with Crippen molar-refractivity contribution in [2.24, 2.45) is 10.8 Å². The van der Waals surface area contributed by atoms with Crippen LogP contribution in [0.25, 0.3) is 0 Å². The van der Waals surface area contributed by atoms with E-state index < -0.39 is 102 Å². The van der Waals surface area contributed by atoms with Crippen LogP contribution < -0.4 is 0 Å². The molecule has 15 nitrogen and oxygen atoms in total. The van der Waals surface area contributed by atoms with Crippen LogP contribution in [0.1, 0.15) is 92.1 Å². The number of hydrogen-bond donors (Lipinski definition) is 3. The van der Waals surface area contributed by atoms with Gasteiger partial charge in [-0.15, -0.1) is 0 Å². The van der Waals surface area contributed by atoms with Crippen molar-refractivity contribution in [2.45, 2.75) is 148 Å². The number of esters is 4. The molecule has 2 saturated heterocycles. The molecule has 0 unspecified atom stereocenters. The molecule has 1 aromatic carbocycles. The topological polar surface area (TPSA) is 203 Å². The highest BCUT2D eigenvalue weighted by Crippen LogP contribution is 2.47. The third-order valence-corrected chi connectivity index (χ3v) is 10.7. The smallest absolute Gasteiger partial charge is 0.330 e. The van der Waals surface area contributed by atoms with Gasteiger partial charge >= 0.3 is 23.9 Å². The van der Waals surface area contributed by atoms with Crippen LogP contribution in [-0.4, -0.2) is 114 Å². The van der Waals surface area contributed by atoms with Crippen LogP contribution in [0.2, 0.25) is 0 Å². The lowest BCUT2D eigenvalue weighted by molar-refractivity contribution is -0.327. The van der Waals surface area contributed by atoms with Gasteiger partial charge in [-0.25, -0.2) is 4.79 Å². The van der Waals surface area contributed by atoms with Crippen LogP contribution in [-0.2, 0) is 63.7 Å². The molecule has 4 rings (SSSR count). The third-order valence-electron chi connectivity index (χ3n) is 10.7. The molecule has 0 amide bonds. The Morgan fingerprint density at radius 2 is 1.72 bits per heavy atom. The fourth-order valence-corrected chi connectivity index (χ4v) is 6.89. The lowest BCUT2D eigenvalue weighted by Crippen LogP contribution is -2.62. The van der Waals surface area contributed by atoms with E-state index in [9.17, 15) is 34.5 Å². The number of fused-ring (bicyclic) bond motifs is 4. The molecule has 3 aliphatic rings. The Kier molecular flexibility index (Phi) is 16.4. The molecule has 0 saturated carbocycles. The van der Waals surface area contributed by atoms with Crippen LogP contribution in [0.4, 0.5) is 0 Å². The number of cyclic esters (lactones) is 2. The van der Waals surface area contributed by atoms with Crippen LogP contribution >= 0.6 is 0 Å². The normalized spacial score (nSPS) is 31.7. The predicted octanol–water partition coefficient (Wildman–Crippen LogP) is 3.98. The van der Waals surface area contributed by atoms with E-state index in [0.717, 1.165) is 11.6 Å². The van der Waals surface area contributed by atoms with Crippen molar-refractivity contribution in [2.75, 3.05) is 20.3 Å². The maximum absolute atomic E-state index is 13.5. The highest BCUT2D eigenvalue weighted by molar-refractivity contribution is 5.83. The summed E-state index contributed by atoms with van der Waals surface area (Å²) in [7, 11) is 1.20. The largest absolute Gasteiger partial charge is 0.466 e. The average Bonchev–Trinajstić information content (AvgIpc) is 3.16. The van der Waals surface area contributed by atoms with E-state index in [1.165, 1.54) is 7.11 Å². The minimum atomic E-state index is -2.32. The number of ether oxygens (including phenoxy) is 8. The van der Waals surface area contributed by atoms with E-state index in [1.54, 1.807) is 53.7 Å². The molecular weight excluding hydrogens is 744 g/mol. The highest BCUT2D eigenvalue weighted by Gasteiger charge is 2.58. The first-order valence-corrected chi connectivity index (χ1v) is 19.6. The van der Waals surface area contributed by atoms with Gasteiger partial charge < -0.3 is 53.2 Å². The molecule has 3 heterocycles. The second-order valence-electron chi connectivity index (χ2n) is 16.2. The van der Waals surface area contributed by atoms with E-state index in [0.29, 0.717) is 6.42 Å². The number of rotatable bonds is 9. The number of aliphatic hydroxyl groups is 3. The number of carbonyl (C=O) groups is 4. The quantitative estimate of drug-likeness (QED) is 0.140. The Morgan fingerprint density at radius 3 is 2.37 bits per heavy atom. The van der Waals surface area contributed by atoms with Gasteiger partial charge in [0.1, 0.15) is 12.2 Å². The van der Waals surface area contributed by atoms with Crippen LogP contribution in [0.5, 0.6) is 0 Å². The Hall–Kier alpha value is -3.70. The highest BCUT2D eigenvalue weighted by atomic mass is 16.7. The molecule has 9 atom stereocenters. The van der Waals surface area contributed by atoms with E-state index in [-0.39, 0.29) is 51.1 Å². The Bertz CT molecular complexity index is 1570. The lowest BCUT2D eigenvalue weighted by Gasteiger charge is -2.51. The zero-order chi connectivity index (χ0) is 42.0. The van der Waals surface area contributed by atoms with Gasteiger partial charge in [0.2, 0.25) is 5.79 Å². The summed E-state index contributed by atoms with van der Waals surface area (Å²) < 4.78 is 47.4. The van der Waals surface area contributed by atoms with Crippen LogP contribution in [0.15, 0.2) is 54.1 Å². The zero-order valence-electron chi connectivity index (χ0n) is 34.0. The lowest BCUT2D eigenvalue weighted by atomic mass is 9.74. The molecule has 2 fully saturated rings. The maximum atomic E-state index is 13.5. The Labute approximate surface area is 334 Å². The summed E-state index contributed by atoms with van der Waals surface area (Å²) in [5, 5.41) is 33.8. The molecule has 3 N–H and O–H groups in total. The summed E-state index contributed by atoms with van der Waals surface area (Å²) in [6.45, 7) is 10.2. The second-order valence-corrected chi connectivity index (χ2v) is 16.2. The molecule has 0 spiro atoms. The van der Waals surface area contributed by atoms with Gasteiger partial charge in [-0.05, 0) is 37.0 Å². The van der Waals surface area contributed by atoms with Gasteiger partial charge in [-0.1, -0.05) is 71.0 Å². The fraction of sp³-hybridized carbons (Fsp3) is 0.667. The summed E-state index contributed by atoms with van der Waals surface area (Å²) in [5.41, 5.74) is -1.22. The van der Waals surface area contributed by atoms with Crippen LogP contribution in [0.3, 0.4) is 0 Å². The van der Waals surface area contributed by atoms with Gasteiger partial charge in [0.25, 0.3) is 0 Å². The summed E-state index contributed by atoms with van der Waals surface area (Å²) in [5.74, 6) is -5.35. The monoisotopic (exact) mass is 804 g/mol. The number of carbonyl (C=O) groups excluding carboxylic acids is 4. The second kappa shape index (κ2) is 20.3. The van der Waals surface area contributed by atoms with Gasteiger partial charge in [0.15, 0.2) is 12.4 Å². The first-order chi connectivity index (χ1) is 26.9. The SMILES string of the molecule is CCC(=O)O[C@H]1C(=CC(=O)OC)C[C@H]2C[C@H]([C@@H](C)OCc3ccccc3)OC(=O)C[C@H](O)CC(=O)O[C@H](C(C)(C)CO)C[C@@H]3CCO[C@H](C=CC(C)(C)[C@]1(O)O2)O3. The third kappa shape index (κ3) is 12.6. The molecule has 4 bridgehead atoms. The van der Waals surface area contributed by atoms with Gasteiger partial charge in [-0.2, -0.15) is 0 Å². The number of benzene rings is 1. The first kappa shape index (κ1) is 46.0. The first-order valence-electron chi connectivity index (χ1n) is 19.6. The zero-order valence-corrected chi connectivity index (χ0v) is 34.0. The standard InChI is InChI=1S/C42H60O15/c1-8-34(45)56-39-28(19-35(46)50-7)18-31-22-32(26(2)52-24-27-12-10-9-11-13-27)54-36(47)20-29(44)21-37(48)55-33(40(3,4)25-43)23-30-15-17-51-38(53-30)14-16-41(5,6)42(39,49)57-31/h9-14,16,19,26,29-33,38-39,43-44,49H,8,15,17-18,20-25H2,1-7H3/t26-,29+,30+,31+,32-,33+,38+,39+,42-/m1/s1. The summed E-state index contributed by atoms with van der Waals surface area (Å²) >= 11 is 0. The van der Waals surface area contributed by atoms with Crippen molar-refractivity contribution in [3.8, 4) is 0 Å². The van der Waals surface area contributed by atoms with Crippen molar-refractivity contribution < 1.29 is 72.4 Å². The van der Waals surface area contributed by atoms with E-state index in [2.05, 4.69) is 0 Å². The van der Waals surface area contributed by atoms with Crippen molar-refractivity contribution >= 4 is 23.9 Å². The van der Waals surface area contributed by atoms with E-state index in [1.807, 2.05) is 30.3 Å². The van der Waals surface area contributed by atoms with Gasteiger partial charge in [0.05, 0.1) is 64.2 Å². The molecule has 0 aliphatic carbocycles. The summed E-state index contributed by atoms with van der Waals surface area (Å²) in [4.78, 5) is 52.3. The summed E-state index contributed by atoms with van der Waals surface area (Å²) in [6.07, 6.45) is -4.21. The average molecular weight is 805 g/mol. The van der Waals surface area contributed by atoms with Gasteiger partial charge in [-0.3, -0.25) is 14.4 Å². The van der Waals surface area contributed by atoms with Crippen LogP contribution in [0, 0.1) is 10.8 Å².